The minimum atomic E-state index is -0.00880. The van der Waals surface area contributed by atoms with Crippen molar-refractivity contribution in [2.75, 3.05) is 20.8 Å². The maximum atomic E-state index is 13.7. The molecule has 1 saturated heterocycles. The average molecular weight is 593 g/mol. The molecule has 1 amide bonds. The Bertz CT molecular complexity index is 1960. The van der Waals surface area contributed by atoms with Crippen molar-refractivity contribution < 1.29 is 19.4 Å². The van der Waals surface area contributed by atoms with Crippen LogP contribution in [0.25, 0.3) is 44.8 Å². The molecule has 44 heavy (non-hydrogen) atoms. The molecule has 2 aromatic carbocycles. The molecule has 0 radical (unpaired) electrons. The zero-order valence-electron chi connectivity index (χ0n) is 25.2. The largest absolute Gasteiger partial charge is 0.504 e. The molecule has 3 fully saturated rings. The second-order valence-corrected chi connectivity index (χ2v) is 12.6. The number of aromatic nitrogens is 4. The highest BCUT2D eigenvalue weighted by molar-refractivity contribution is 6.00. The van der Waals surface area contributed by atoms with Gasteiger partial charge in [0.1, 0.15) is 16.9 Å². The van der Waals surface area contributed by atoms with E-state index in [0.717, 1.165) is 58.7 Å². The number of piperidine rings is 1. The van der Waals surface area contributed by atoms with Gasteiger partial charge in [0.25, 0.3) is 5.91 Å². The number of hydrogen-bond donors (Lipinski definition) is 2. The molecule has 2 saturated carbocycles. The number of likely N-dealkylation sites (tertiary alicyclic amines) is 1. The van der Waals surface area contributed by atoms with E-state index in [9.17, 15) is 9.90 Å². The van der Waals surface area contributed by atoms with Gasteiger partial charge in [0.2, 0.25) is 0 Å². The van der Waals surface area contributed by atoms with Crippen LogP contribution in [0.5, 0.6) is 17.2 Å². The SMILES string of the molecule is COc1cc(-c2ccc3cc(-c4nc5cc(C(=O)N6C[C@H]7CC[C@@H]6[C@@H]7N)cc(OC)c5n4C)n(CC4CC4)c3n2)ccc1O. The number of aryl methyl sites for hydroxylation is 1. The number of phenolic OH excluding ortho intramolecular Hbond substituents is 1. The number of ether oxygens (including phenoxy) is 2. The number of phenols is 1. The summed E-state index contributed by atoms with van der Waals surface area (Å²) in [5.74, 6) is 2.88. The van der Waals surface area contributed by atoms with Gasteiger partial charge < -0.3 is 34.3 Å². The molecule has 4 heterocycles. The standard InChI is InChI=1S/C34H36N6O4/c1-38-31-24(12-22(15-29(31)44-3)34(42)40-17-21-7-10-25(40)30(21)35)37-33(38)26-13-20-6-9-23(19-8-11-27(41)28(14-19)43-2)36-32(20)39(26)16-18-4-5-18/h6,8-9,11-15,18,21,25,30,41H,4-5,7,10,16-17,35H2,1-3H3/t21-,25-,30-/m1/s1. The lowest BCUT2D eigenvalue weighted by Crippen LogP contribution is -2.41. The van der Waals surface area contributed by atoms with E-state index in [-0.39, 0.29) is 23.7 Å². The molecule has 3 aliphatic rings. The van der Waals surface area contributed by atoms with Crippen LogP contribution in [0.15, 0.2) is 48.5 Å². The number of imidazole rings is 1. The van der Waals surface area contributed by atoms with Gasteiger partial charge in [-0.25, -0.2) is 9.97 Å². The minimum Gasteiger partial charge on any atom is -0.504 e. The summed E-state index contributed by atoms with van der Waals surface area (Å²) in [5, 5.41) is 11.1. The number of amides is 1. The van der Waals surface area contributed by atoms with Crippen LogP contribution >= 0.6 is 0 Å². The van der Waals surface area contributed by atoms with Crippen LogP contribution in [-0.4, -0.2) is 67.9 Å². The van der Waals surface area contributed by atoms with E-state index in [4.69, 9.17) is 25.2 Å². The number of carbonyl (C=O) groups is 1. The van der Waals surface area contributed by atoms with E-state index in [0.29, 0.717) is 41.0 Å². The molecule has 2 bridgehead atoms. The first-order valence-electron chi connectivity index (χ1n) is 15.3. The monoisotopic (exact) mass is 592 g/mol. The molecule has 226 valence electrons. The summed E-state index contributed by atoms with van der Waals surface area (Å²) in [5.41, 5.74) is 12.0. The third kappa shape index (κ3) is 4.15. The Labute approximate surface area is 255 Å². The van der Waals surface area contributed by atoms with Crippen LogP contribution in [0.1, 0.15) is 36.0 Å². The zero-order chi connectivity index (χ0) is 30.3. The summed E-state index contributed by atoms with van der Waals surface area (Å²) in [6.07, 6.45) is 4.44. The highest BCUT2D eigenvalue weighted by Crippen LogP contribution is 2.40. The molecule has 1 aliphatic heterocycles. The van der Waals surface area contributed by atoms with E-state index >= 15 is 0 Å². The van der Waals surface area contributed by atoms with Gasteiger partial charge in [-0.15, -0.1) is 0 Å². The number of methoxy groups -OCH3 is 2. The van der Waals surface area contributed by atoms with Crippen LogP contribution in [0.2, 0.25) is 0 Å². The number of nitrogens with two attached hydrogens (primary N) is 1. The second kappa shape index (κ2) is 9.99. The van der Waals surface area contributed by atoms with Crippen LogP contribution in [0.3, 0.4) is 0 Å². The molecule has 3 aromatic heterocycles. The summed E-state index contributed by atoms with van der Waals surface area (Å²) in [4.78, 5) is 25.9. The molecule has 3 N–H and O–H groups in total. The van der Waals surface area contributed by atoms with E-state index < -0.39 is 0 Å². The summed E-state index contributed by atoms with van der Waals surface area (Å²) in [7, 11) is 5.17. The van der Waals surface area contributed by atoms with Crippen molar-refractivity contribution in [1.29, 1.82) is 0 Å². The van der Waals surface area contributed by atoms with Gasteiger partial charge >= 0.3 is 0 Å². The van der Waals surface area contributed by atoms with Crippen molar-refractivity contribution in [2.24, 2.45) is 24.6 Å². The minimum absolute atomic E-state index is 0.00880. The van der Waals surface area contributed by atoms with E-state index in [1.54, 1.807) is 26.4 Å². The number of pyridine rings is 1. The lowest BCUT2D eigenvalue weighted by atomic mass is 10.1. The van der Waals surface area contributed by atoms with Crippen LogP contribution in [0, 0.1) is 11.8 Å². The number of benzene rings is 2. The lowest BCUT2D eigenvalue weighted by molar-refractivity contribution is 0.0700. The van der Waals surface area contributed by atoms with Crippen molar-refractivity contribution in [2.45, 2.75) is 44.3 Å². The predicted octanol–water partition coefficient (Wildman–Crippen LogP) is 4.95. The molecule has 8 rings (SSSR count). The molecular formula is C34H36N6O4. The van der Waals surface area contributed by atoms with Crippen molar-refractivity contribution in [3.05, 3.63) is 54.1 Å². The number of fused-ring (bicyclic) bond motifs is 4. The fourth-order valence-corrected chi connectivity index (χ4v) is 7.32. The van der Waals surface area contributed by atoms with Crippen molar-refractivity contribution in [3.63, 3.8) is 0 Å². The van der Waals surface area contributed by atoms with Gasteiger partial charge in [-0.1, -0.05) is 0 Å². The van der Waals surface area contributed by atoms with Crippen molar-refractivity contribution >= 4 is 28.0 Å². The molecule has 5 aromatic rings. The zero-order valence-corrected chi connectivity index (χ0v) is 25.2. The smallest absolute Gasteiger partial charge is 0.254 e. The molecule has 0 spiro atoms. The van der Waals surface area contributed by atoms with Gasteiger partial charge in [0.15, 0.2) is 17.3 Å². The Morgan fingerprint density at radius 1 is 1.00 bits per heavy atom. The van der Waals surface area contributed by atoms with Gasteiger partial charge in [-0.3, -0.25) is 4.79 Å². The van der Waals surface area contributed by atoms with Gasteiger partial charge in [-0.05, 0) is 86.1 Å². The number of nitrogens with zero attached hydrogens (tertiary/aromatic N) is 5. The maximum absolute atomic E-state index is 13.7. The van der Waals surface area contributed by atoms with Gasteiger partial charge in [0, 0.05) is 48.7 Å². The van der Waals surface area contributed by atoms with E-state index in [1.165, 1.54) is 12.8 Å². The Kier molecular flexibility index (Phi) is 6.13. The Morgan fingerprint density at radius 2 is 1.82 bits per heavy atom. The fourth-order valence-electron chi connectivity index (χ4n) is 7.32. The Balaban J connectivity index is 1.24. The summed E-state index contributed by atoms with van der Waals surface area (Å²) in [6.45, 7) is 1.56. The van der Waals surface area contributed by atoms with Crippen molar-refractivity contribution in [3.8, 4) is 40.0 Å². The third-order valence-electron chi connectivity index (χ3n) is 9.90. The quantitative estimate of drug-likeness (QED) is 0.274. The number of aromatic hydroxyl groups is 1. The Hall–Kier alpha value is -4.57. The Morgan fingerprint density at radius 3 is 2.52 bits per heavy atom. The predicted molar refractivity (Wildman–Crippen MR) is 168 cm³/mol. The first kappa shape index (κ1) is 27.0. The van der Waals surface area contributed by atoms with Crippen LogP contribution < -0.4 is 15.2 Å². The summed E-state index contributed by atoms with van der Waals surface area (Å²) >= 11 is 0. The molecule has 10 nitrogen and oxygen atoms in total. The first-order chi connectivity index (χ1) is 21.3. The molecule has 3 atom stereocenters. The summed E-state index contributed by atoms with van der Waals surface area (Å²) < 4.78 is 15.5. The normalized spacial score (nSPS) is 21.1. The second-order valence-electron chi connectivity index (χ2n) is 12.6. The topological polar surface area (TPSA) is 121 Å². The van der Waals surface area contributed by atoms with Crippen LogP contribution in [0.4, 0.5) is 0 Å². The number of carbonyl (C=O) groups excluding carboxylic acids is 1. The first-order valence-corrected chi connectivity index (χ1v) is 15.3. The molecule has 2 aliphatic carbocycles. The number of hydrogen-bond acceptors (Lipinski definition) is 7. The average Bonchev–Trinajstić information content (AvgIpc) is 3.44. The number of rotatable bonds is 7. The molecule has 10 heteroatoms. The highest BCUT2D eigenvalue weighted by Gasteiger charge is 2.47. The van der Waals surface area contributed by atoms with E-state index in [1.807, 2.05) is 36.2 Å². The van der Waals surface area contributed by atoms with Gasteiger partial charge in [-0.2, -0.15) is 0 Å². The molecular weight excluding hydrogens is 556 g/mol. The fraction of sp³-hybridized carbons (Fsp3) is 0.382. The van der Waals surface area contributed by atoms with Crippen molar-refractivity contribution in [1.82, 2.24) is 24.0 Å². The van der Waals surface area contributed by atoms with Gasteiger partial charge in [0.05, 0.1) is 31.1 Å². The lowest BCUT2D eigenvalue weighted by Gasteiger charge is -2.27. The highest BCUT2D eigenvalue weighted by atomic mass is 16.5. The van der Waals surface area contributed by atoms with E-state index in [2.05, 4.69) is 21.3 Å². The third-order valence-corrected chi connectivity index (χ3v) is 9.90. The molecule has 0 unspecified atom stereocenters. The maximum Gasteiger partial charge on any atom is 0.254 e. The summed E-state index contributed by atoms with van der Waals surface area (Å²) in [6, 6.07) is 15.4. The van der Waals surface area contributed by atoms with Crippen LogP contribution in [-0.2, 0) is 13.6 Å².